The van der Waals surface area contributed by atoms with Crippen molar-refractivity contribution in [2.24, 2.45) is 0 Å². The number of aromatic nitrogens is 1. The highest BCUT2D eigenvalue weighted by atomic mass is 35.5. The van der Waals surface area contributed by atoms with Crippen molar-refractivity contribution in [3.63, 3.8) is 0 Å². The maximum Gasteiger partial charge on any atom is 0.253 e. The topological polar surface area (TPSA) is 51.2 Å². The van der Waals surface area contributed by atoms with Crippen molar-refractivity contribution in [3.05, 3.63) is 28.5 Å². The molecule has 86 valence electrons. The van der Waals surface area contributed by atoms with Crippen LogP contribution in [0.4, 0.5) is 0 Å². The Morgan fingerprint density at radius 1 is 1.62 bits per heavy atom. The zero-order valence-electron chi connectivity index (χ0n) is 9.00. The standard InChI is InChI=1S/C11H13ClN2O2/c1-7-9(4-13-5-10(7)12)11(15)14-8-2-3-16-6-8/h4-5,8H,2-3,6H2,1H3,(H,14,15)/t8-/m1/s1. The highest BCUT2D eigenvalue weighted by Crippen LogP contribution is 2.17. The van der Waals surface area contributed by atoms with Gasteiger partial charge in [-0.1, -0.05) is 11.6 Å². The van der Waals surface area contributed by atoms with Gasteiger partial charge in [0.2, 0.25) is 0 Å². The first-order valence-corrected chi connectivity index (χ1v) is 5.55. The molecule has 0 aliphatic carbocycles. The fraction of sp³-hybridized carbons (Fsp3) is 0.455. The Bertz CT molecular complexity index is 403. The normalized spacial score (nSPS) is 19.8. The molecule has 0 radical (unpaired) electrons. The third-order valence-electron chi connectivity index (χ3n) is 2.66. The van der Waals surface area contributed by atoms with Gasteiger partial charge in [-0.05, 0) is 18.9 Å². The van der Waals surface area contributed by atoms with Crippen molar-refractivity contribution in [1.29, 1.82) is 0 Å². The van der Waals surface area contributed by atoms with Crippen molar-refractivity contribution >= 4 is 17.5 Å². The van der Waals surface area contributed by atoms with E-state index in [4.69, 9.17) is 16.3 Å². The maximum atomic E-state index is 11.9. The summed E-state index contributed by atoms with van der Waals surface area (Å²) in [7, 11) is 0. The first-order valence-electron chi connectivity index (χ1n) is 5.17. The Balaban J connectivity index is 2.11. The molecule has 0 bridgehead atoms. The van der Waals surface area contributed by atoms with Gasteiger partial charge in [0.1, 0.15) is 0 Å². The van der Waals surface area contributed by atoms with Crippen LogP contribution >= 0.6 is 11.6 Å². The third kappa shape index (κ3) is 2.33. The van der Waals surface area contributed by atoms with Crippen LogP contribution in [-0.2, 0) is 4.74 Å². The SMILES string of the molecule is Cc1c(Cl)cncc1C(=O)N[C@@H]1CCOC1. The predicted octanol–water partition coefficient (Wildman–Crippen LogP) is 1.56. The second kappa shape index (κ2) is 4.80. The lowest BCUT2D eigenvalue weighted by Gasteiger charge is -2.12. The Morgan fingerprint density at radius 2 is 2.44 bits per heavy atom. The maximum absolute atomic E-state index is 11.9. The van der Waals surface area contributed by atoms with E-state index in [0.717, 1.165) is 12.0 Å². The average molecular weight is 241 g/mol. The summed E-state index contributed by atoms with van der Waals surface area (Å²) < 4.78 is 5.19. The first kappa shape index (κ1) is 11.4. The van der Waals surface area contributed by atoms with E-state index >= 15 is 0 Å². The lowest BCUT2D eigenvalue weighted by Crippen LogP contribution is -2.35. The van der Waals surface area contributed by atoms with Gasteiger partial charge in [-0.2, -0.15) is 0 Å². The number of ether oxygens (including phenoxy) is 1. The molecule has 1 aliphatic rings. The third-order valence-corrected chi connectivity index (χ3v) is 3.04. The Hall–Kier alpha value is -1.13. The summed E-state index contributed by atoms with van der Waals surface area (Å²) >= 11 is 5.91. The molecule has 1 amide bonds. The van der Waals surface area contributed by atoms with Crippen LogP contribution in [0.15, 0.2) is 12.4 Å². The summed E-state index contributed by atoms with van der Waals surface area (Å²) in [6.45, 7) is 3.10. The van der Waals surface area contributed by atoms with Crippen LogP contribution in [0.1, 0.15) is 22.3 Å². The summed E-state index contributed by atoms with van der Waals surface area (Å²) in [5.41, 5.74) is 1.28. The number of hydrogen-bond acceptors (Lipinski definition) is 3. The fourth-order valence-corrected chi connectivity index (χ4v) is 1.80. The van der Waals surface area contributed by atoms with E-state index in [2.05, 4.69) is 10.3 Å². The van der Waals surface area contributed by atoms with Crippen molar-refractivity contribution in [2.45, 2.75) is 19.4 Å². The number of nitrogens with zero attached hydrogens (tertiary/aromatic N) is 1. The van der Waals surface area contributed by atoms with Crippen molar-refractivity contribution in [1.82, 2.24) is 10.3 Å². The molecule has 1 atom stereocenters. The molecule has 2 heterocycles. The van der Waals surface area contributed by atoms with Gasteiger partial charge in [0, 0.05) is 19.0 Å². The lowest BCUT2D eigenvalue weighted by molar-refractivity contribution is 0.0929. The molecule has 1 aromatic rings. The van der Waals surface area contributed by atoms with Crippen LogP contribution in [0.2, 0.25) is 5.02 Å². The lowest BCUT2D eigenvalue weighted by atomic mass is 10.1. The minimum absolute atomic E-state index is 0.103. The van der Waals surface area contributed by atoms with Gasteiger partial charge in [0.15, 0.2) is 0 Å². The van der Waals surface area contributed by atoms with Gasteiger partial charge in [-0.25, -0.2) is 0 Å². The Kier molecular flexibility index (Phi) is 3.41. The molecule has 1 saturated heterocycles. The van der Waals surface area contributed by atoms with Gasteiger partial charge in [-0.15, -0.1) is 0 Å². The molecule has 5 heteroatoms. The number of carbonyl (C=O) groups is 1. The van der Waals surface area contributed by atoms with Crippen LogP contribution in [0.3, 0.4) is 0 Å². The largest absolute Gasteiger partial charge is 0.379 e. The van der Waals surface area contributed by atoms with Crippen LogP contribution in [-0.4, -0.2) is 30.1 Å². The zero-order valence-corrected chi connectivity index (χ0v) is 9.75. The molecule has 1 fully saturated rings. The molecule has 0 aromatic carbocycles. The molecule has 16 heavy (non-hydrogen) atoms. The first-order chi connectivity index (χ1) is 7.68. The van der Waals surface area contributed by atoms with E-state index < -0.39 is 0 Å². The smallest absolute Gasteiger partial charge is 0.253 e. The number of pyridine rings is 1. The van der Waals surface area contributed by atoms with Crippen LogP contribution < -0.4 is 5.32 Å². The molecule has 0 saturated carbocycles. The van der Waals surface area contributed by atoms with E-state index in [0.29, 0.717) is 23.8 Å². The molecular formula is C11H13ClN2O2. The highest BCUT2D eigenvalue weighted by Gasteiger charge is 2.20. The Labute approximate surface area is 99.0 Å². The number of rotatable bonds is 2. The van der Waals surface area contributed by atoms with Crippen molar-refractivity contribution < 1.29 is 9.53 Å². The average Bonchev–Trinajstić information content (AvgIpc) is 2.74. The van der Waals surface area contributed by atoms with Crippen LogP contribution in [0, 0.1) is 6.92 Å². The predicted molar refractivity (Wildman–Crippen MR) is 60.7 cm³/mol. The number of carbonyl (C=O) groups excluding carboxylic acids is 1. The quantitative estimate of drug-likeness (QED) is 0.854. The van der Waals surface area contributed by atoms with Crippen molar-refractivity contribution in [3.8, 4) is 0 Å². The van der Waals surface area contributed by atoms with E-state index in [1.807, 2.05) is 6.92 Å². The van der Waals surface area contributed by atoms with Gasteiger partial charge in [0.25, 0.3) is 5.91 Å². The summed E-state index contributed by atoms with van der Waals surface area (Å²) in [6.07, 6.45) is 3.93. The second-order valence-electron chi connectivity index (χ2n) is 3.83. The molecule has 0 spiro atoms. The van der Waals surface area contributed by atoms with E-state index in [1.165, 1.54) is 12.4 Å². The number of hydrogen-bond donors (Lipinski definition) is 1. The molecule has 4 nitrogen and oxygen atoms in total. The number of halogens is 1. The minimum Gasteiger partial charge on any atom is -0.379 e. The molecule has 1 aliphatic heterocycles. The van der Waals surface area contributed by atoms with Gasteiger partial charge in [-0.3, -0.25) is 9.78 Å². The van der Waals surface area contributed by atoms with Crippen molar-refractivity contribution in [2.75, 3.05) is 13.2 Å². The van der Waals surface area contributed by atoms with Gasteiger partial charge in [0.05, 0.1) is 23.2 Å². The summed E-state index contributed by atoms with van der Waals surface area (Å²) in [6, 6.07) is 0.103. The van der Waals surface area contributed by atoms with Gasteiger partial charge < -0.3 is 10.1 Å². The molecule has 1 aromatic heterocycles. The van der Waals surface area contributed by atoms with E-state index in [9.17, 15) is 4.79 Å². The van der Waals surface area contributed by atoms with Crippen LogP contribution in [0.25, 0.3) is 0 Å². The summed E-state index contributed by atoms with van der Waals surface area (Å²) in [4.78, 5) is 15.8. The summed E-state index contributed by atoms with van der Waals surface area (Å²) in [5, 5.41) is 3.41. The second-order valence-corrected chi connectivity index (χ2v) is 4.24. The highest BCUT2D eigenvalue weighted by molar-refractivity contribution is 6.31. The number of amides is 1. The monoisotopic (exact) mass is 240 g/mol. The molecule has 0 unspecified atom stereocenters. The van der Waals surface area contributed by atoms with E-state index in [-0.39, 0.29) is 11.9 Å². The van der Waals surface area contributed by atoms with E-state index in [1.54, 1.807) is 0 Å². The Morgan fingerprint density at radius 3 is 3.12 bits per heavy atom. The van der Waals surface area contributed by atoms with Gasteiger partial charge >= 0.3 is 0 Å². The number of nitrogens with one attached hydrogen (secondary N) is 1. The molecule has 1 N–H and O–H groups in total. The zero-order chi connectivity index (χ0) is 11.5. The summed E-state index contributed by atoms with van der Waals surface area (Å²) in [5.74, 6) is -0.136. The fourth-order valence-electron chi connectivity index (χ4n) is 1.64. The molecular weight excluding hydrogens is 228 g/mol. The molecule has 2 rings (SSSR count). The minimum atomic E-state index is -0.136. The van der Waals surface area contributed by atoms with Crippen LogP contribution in [0.5, 0.6) is 0 Å².